The number of hydrogen-bond donors (Lipinski definition) is 1. The Morgan fingerprint density at radius 3 is 2.48 bits per heavy atom. The van der Waals surface area contributed by atoms with Crippen LogP contribution in [0.2, 0.25) is 0 Å². The molecule has 1 fully saturated rings. The van der Waals surface area contributed by atoms with Crippen LogP contribution < -0.4 is 4.90 Å². The van der Waals surface area contributed by atoms with Crippen molar-refractivity contribution >= 4 is 23.2 Å². The summed E-state index contributed by atoms with van der Waals surface area (Å²) in [7, 11) is 0. The van der Waals surface area contributed by atoms with Gasteiger partial charge in [-0.05, 0) is 23.6 Å². The smallest absolute Gasteiger partial charge is 0.261 e. The van der Waals surface area contributed by atoms with E-state index < -0.39 is 0 Å². The Morgan fingerprint density at radius 1 is 1.09 bits per heavy atom. The maximum Gasteiger partial charge on any atom is 0.261 e. The molecular weight excluding hydrogens is 308 g/mol. The van der Waals surface area contributed by atoms with Crippen LogP contribution in [0.4, 0.5) is 0 Å². The van der Waals surface area contributed by atoms with E-state index in [4.69, 9.17) is 0 Å². The van der Waals surface area contributed by atoms with Crippen LogP contribution in [-0.2, 0) is 0 Å². The molecule has 1 saturated heterocycles. The summed E-state index contributed by atoms with van der Waals surface area (Å²) in [5, 5.41) is 2.12. The van der Waals surface area contributed by atoms with Crippen LogP contribution in [-0.4, -0.2) is 36.3 Å². The lowest BCUT2D eigenvalue weighted by molar-refractivity contribution is -0.917. The molecule has 23 heavy (non-hydrogen) atoms. The number of imide groups is 1. The quantitative estimate of drug-likeness (QED) is 0.870. The lowest BCUT2D eigenvalue weighted by Crippen LogP contribution is -3.11. The van der Waals surface area contributed by atoms with Gasteiger partial charge in [-0.15, -0.1) is 11.3 Å². The summed E-state index contributed by atoms with van der Waals surface area (Å²) in [5.74, 6) is -0.284. The molecule has 1 unspecified atom stereocenters. The number of fused-ring (bicyclic) bond motifs is 1. The number of quaternary nitrogens is 1. The van der Waals surface area contributed by atoms with Crippen molar-refractivity contribution in [3.8, 4) is 0 Å². The van der Waals surface area contributed by atoms with Gasteiger partial charge in [0.15, 0.2) is 0 Å². The van der Waals surface area contributed by atoms with E-state index >= 15 is 0 Å². The Labute approximate surface area is 139 Å². The Balaban J connectivity index is 1.46. The molecule has 2 aliphatic heterocycles. The van der Waals surface area contributed by atoms with Gasteiger partial charge in [0.1, 0.15) is 6.04 Å². The molecule has 1 aromatic carbocycles. The van der Waals surface area contributed by atoms with Gasteiger partial charge >= 0.3 is 0 Å². The predicted molar refractivity (Wildman–Crippen MR) is 88.8 cm³/mol. The third-order valence-electron chi connectivity index (χ3n) is 4.90. The van der Waals surface area contributed by atoms with Crippen molar-refractivity contribution in [2.45, 2.75) is 18.9 Å². The normalized spacial score (nSPS) is 23.6. The van der Waals surface area contributed by atoms with Gasteiger partial charge in [-0.25, -0.2) is 0 Å². The third kappa shape index (κ3) is 2.50. The van der Waals surface area contributed by atoms with Crippen molar-refractivity contribution in [1.29, 1.82) is 0 Å². The van der Waals surface area contributed by atoms with Crippen LogP contribution in [0.3, 0.4) is 0 Å². The number of rotatable bonds is 4. The molecule has 0 spiro atoms. The minimum absolute atomic E-state index is 0.142. The number of thiophene rings is 1. The third-order valence-corrected chi connectivity index (χ3v) is 5.89. The lowest BCUT2D eigenvalue weighted by Gasteiger charge is -2.23. The summed E-state index contributed by atoms with van der Waals surface area (Å²) in [6.45, 7) is 2.45. The molecule has 4 rings (SSSR count). The van der Waals surface area contributed by atoms with Gasteiger partial charge in [0.05, 0.1) is 35.6 Å². The summed E-state index contributed by atoms with van der Waals surface area (Å²) < 4.78 is 0. The van der Waals surface area contributed by atoms with E-state index in [2.05, 4.69) is 17.5 Å². The van der Waals surface area contributed by atoms with Crippen molar-refractivity contribution in [2.75, 3.05) is 19.6 Å². The van der Waals surface area contributed by atoms with Gasteiger partial charge in [0.25, 0.3) is 11.8 Å². The molecule has 1 N–H and O–H groups in total. The zero-order valence-corrected chi connectivity index (χ0v) is 13.6. The second-order valence-corrected chi connectivity index (χ2v) is 7.16. The minimum Gasteiger partial charge on any atom is -0.327 e. The SMILES string of the molecule is O=C1c2ccccc2C(=O)N1CC[NH+]1CCC[C@H]1c1cccs1. The summed E-state index contributed by atoms with van der Waals surface area (Å²) in [6.07, 6.45) is 2.40. The van der Waals surface area contributed by atoms with Gasteiger partial charge in [0, 0.05) is 12.8 Å². The van der Waals surface area contributed by atoms with E-state index in [1.165, 1.54) is 27.5 Å². The number of benzene rings is 1. The highest BCUT2D eigenvalue weighted by Gasteiger charge is 2.37. The summed E-state index contributed by atoms with van der Waals surface area (Å²) >= 11 is 1.80. The molecule has 1 aromatic heterocycles. The summed E-state index contributed by atoms with van der Waals surface area (Å²) in [4.78, 5) is 29.2. The molecule has 3 heterocycles. The van der Waals surface area contributed by atoms with E-state index in [1.54, 1.807) is 23.5 Å². The largest absolute Gasteiger partial charge is 0.327 e. The number of carbonyl (C=O) groups is 2. The van der Waals surface area contributed by atoms with E-state index in [0.717, 1.165) is 13.1 Å². The molecule has 0 saturated carbocycles. The van der Waals surface area contributed by atoms with Crippen LogP contribution in [0.15, 0.2) is 41.8 Å². The molecule has 2 atom stereocenters. The van der Waals surface area contributed by atoms with Gasteiger partial charge < -0.3 is 4.90 Å². The first kappa shape index (κ1) is 14.6. The van der Waals surface area contributed by atoms with Crippen LogP contribution in [0, 0.1) is 0 Å². The molecule has 5 heteroatoms. The predicted octanol–water partition coefficient (Wildman–Crippen LogP) is 1.76. The average molecular weight is 327 g/mol. The maximum atomic E-state index is 12.4. The van der Waals surface area contributed by atoms with E-state index in [1.807, 2.05) is 12.1 Å². The number of hydrogen-bond acceptors (Lipinski definition) is 3. The molecule has 0 radical (unpaired) electrons. The van der Waals surface area contributed by atoms with Crippen LogP contribution in [0.25, 0.3) is 0 Å². The van der Waals surface area contributed by atoms with Crippen LogP contribution in [0.5, 0.6) is 0 Å². The Morgan fingerprint density at radius 2 is 1.83 bits per heavy atom. The van der Waals surface area contributed by atoms with Crippen LogP contribution >= 0.6 is 11.3 Å². The molecule has 2 amide bonds. The zero-order valence-electron chi connectivity index (χ0n) is 12.8. The average Bonchev–Trinajstić information content (AvgIpc) is 3.28. The van der Waals surface area contributed by atoms with E-state index in [0.29, 0.717) is 23.7 Å². The molecule has 2 aliphatic rings. The first-order valence-electron chi connectivity index (χ1n) is 8.09. The first-order valence-corrected chi connectivity index (χ1v) is 8.97. The van der Waals surface area contributed by atoms with Gasteiger partial charge in [0.2, 0.25) is 0 Å². The Bertz CT molecular complexity index is 706. The van der Waals surface area contributed by atoms with Gasteiger partial charge in [-0.3, -0.25) is 14.5 Å². The Hall–Kier alpha value is -1.98. The van der Waals surface area contributed by atoms with Crippen molar-refractivity contribution in [3.63, 3.8) is 0 Å². The summed E-state index contributed by atoms with van der Waals surface area (Å²) in [5.41, 5.74) is 1.09. The molecular formula is C18H19N2O2S+. The molecule has 0 aliphatic carbocycles. The van der Waals surface area contributed by atoms with Crippen molar-refractivity contribution < 1.29 is 14.5 Å². The van der Waals surface area contributed by atoms with Gasteiger partial charge in [-0.1, -0.05) is 18.2 Å². The highest BCUT2D eigenvalue weighted by molar-refractivity contribution is 7.10. The summed E-state index contributed by atoms with van der Waals surface area (Å²) in [6, 6.07) is 11.9. The molecule has 0 bridgehead atoms. The number of amides is 2. The first-order chi connectivity index (χ1) is 11.3. The molecule has 118 valence electrons. The second kappa shape index (κ2) is 5.91. The molecule has 2 aromatic rings. The topological polar surface area (TPSA) is 41.8 Å². The number of nitrogens with zero attached hydrogens (tertiary/aromatic N) is 1. The molecule has 4 nitrogen and oxygen atoms in total. The minimum atomic E-state index is -0.142. The number of likely N-dealkylation sites (tertiary alicyclic amines) is 1. The monoisotopic (exact) mass is 327 g/mol. The highest BCUT2D eigenvalue weighted by atomic mass is 32.1. The number of nitrogens with one attached hydrogen (secondary N) is 1. The number of carbonyl (C=O) groups excluding carboxylic acids is 2. The van der Waals surface area contributed by atoms with Crippen molar-refractivity contribution in [1.82, 2.24) is 4.90 Å². The van der Waals surface area contributed by atoms with E-state index in [9.17, 15) is 9.59 Å². The zero-order chi connectivity index (χ0) is 15.8. The second-order valence-electron chi connectivity index (χ2n) is 6.18. The van der Waals surface area contributed by atoms with Crippen molar-refractivity contribution in [3.05, 3.63) is 57.8 Å². The fraction of sp³-hybridized carbons (Fsp3) is 0.333. The maximum absolute atomic E-state index is 12.4. The lowest BCUT2D eigenvalue weighted by atomic mass is 10.1. The van der Waals surface area contributed by atoms with E-state index in [-0.39, 0.29) is 11.8 Å². The Kier molecular flexibility index (Phi) is 3.75. The van der Waals surface area contributed by atoms with Crippen molar-refractivity contribution in [2.24, 2.45) is 0 Å². The fourth-order valence-electron chi connectivity index (χ4n) is 3.74. The highest BCUT2D eigenvalue weighted by Crippen LogP contribution is 2.24. The standard InChI is InChI=1S/C18H18N2O2S/c21-17-13-5-1-2-6-14(13)18(22)20(17)11-10-19-9-3-7-15(19)16-8-4-12-23-16/h1-2,4-6,8,12,15H,3,7,9-11H2/p+1/t15-/m0/s1. The van der Waals surface area contributed by atoms with Crippen LogP contribution in [0.1, 0.15) is 44.5 Å². The van der Waals surface area contributed by atoms with Gasteiger partial charge in [-0.2, -0.15) is 0 Å². The fourth-order valence-corrected chi connectivity index (χ4v) is 4.66.